The van der Waals surface area contributed by atoms with Crippen molar-refractivity contribution in [1.82, 2.24) is 9.80 Å². The monoisotopic (exact) mass is 355 g/mol. The molecule has 0 aromatic heterocycles. The summed E-state index contributed by atoms with van der Waals surface area (Å²) < 4.78 is 0. The zero-order valence-electron chi connectivity index (χ0n) is 15.2. The molecule has 2 saturated heterocycles. The number of nitrogens with zero attached hydrogens (tertiary/aromatic N) is 3. The number of likely N-dealkylation sites (tertiary alicyclic amines) is 1. The normalized spacial score (nSPS) is 21.1. The molecular weight excluding hydrogens is 330 g/mol. The Morgan fingerprint density at radius 1 is 1.23 bits per heavy atom. The maximum atomic E-state index is 12.9. The van der Waals surface area contributed by atoms with Crippen molar-refractivity contribution in [3.8, 4) is 0 Å². The maximum Gasteiger partial charge on any atom is 0.246 e. The van der Waals surface area contributed by atoms with E-state index in [4.69, 9.17) is 0 Å². The molecule has 6 nitrogen and oxygen atoms in total. The third-order valence-corrected chi connectivity index (χ3v) is 5.14. The van der Waals surface area contributed by atoms with E-state index in [1.54, 1.807) is 20.8 Å². The summed E-state index contributed by atoms with van der Waals surface area (Å²) in [5, 5.41) is 0. The average molecular weight is 355 g/mol. The summed E-state index contributed by atoms with van der Waals surface area (Å²) in [5.74, 6) is -0.252. The molecule has 2 fully saturated rings. The van der Waals surface area contributed by atoms with Gasteiger partial charge in [0.05, 0.1) is 5.92 Å². The van der Waals surface area contributed by atoms with E-state index in [0.717, 1.165) is 11.3 Å². The van der Waals surface area contributed by atoms with Crippen LogP contribution in [0, 0.1) is 12.8 Å². The second-order valence-electron chi connectivity index (χ2n) is 6.91. The van der Waals surface area contributed by atoms with Crippen LogP contribution in [0.5, 0.6) is 0 Å². The highest BCUT2D eigenvalue weighted by Crippen LogP contribution is 2.24. The highest BCUT2D eigenvalue weighted by atomic mass is 16.2. The number of rotatable bonds is 4. The van der Waals surface area contributed by atoms with Gasteiger partial charge in [-0.3, -0.25) is 14.4 Å². The lowest BCUT2D eigenvalue weighted by Gasteiger charge is -2.38. The van der Waals surface area contributed by atoms with E-state index < -0.39 is 0 Å². The Morgan fingerprint density at radius 2 is 2.00 bits per heavy atom. The van der Waals surface area contributed by atoms with Crippen LogP contribution in [-0.2, 0) is 14.4 Å². The van der Waals surface area contributed by atoms with Gasteiger partial charge in [0, 0.05) is 38.3 Å². The number of piperidine rings is 1. The summed E-state index contributed by atoms with van der Waals surface area (Å²) in [5.41, 5.74) is 1.96. The molecule has 1 atom stereocenters. The largest absolute Gasteiger partial charge is 0.338 e. The van der Waals surface area contributed by atoms with Crippen LogP contribution in [-0.4, -0.2) is 60.2 Å². The molecule has 2 aliphatic heterocycles. The first-order valence-electron chi connectivity index (χ1n) is 9.04. The van der Waals surface area contributed by atoms with Crippen LogP contribution in [0.4, 0.5) is 5.69 Å². The molecule has 6 heteroatoms. The van der Waals surface area contributed by atoms with E-state index in [-0.39, 0.29) is 30.2 Å². The first-order valence-corrected chi connectivity index (χ1v) is 9.04. The Bertz CT molecular complexity index is 731. The van der Waals surface area contributed by atoms with Gasteiger partial charge in [0.2, 0.25) is 17.7 Å². The van der Waals surface area contributed by atoms with Gasteiger partial charge in [-0.05, 0) is 25.0 Å². The molecule has 1 aromatic rings. The van der Waals surface area contributed by atoms with Crippen LogP contribution in [0.2, 0.25) is 0 Å². The Morgan fingerprint density at radius 3 is 2.69 bits per heavy atom. The third kappa shape index (κ3) is 3.64. The SMILES string of the molecule is C=CCN1C[C@@H](C(=O)N2CCN(c3ccccc3C)C(=O)C2)CCC1=O. The van der Waals surface area contributed by atoms with Crippen molar-refractivity contribution >= 4 is 23.4 Å². The van der Waals surface area contributed by atoms with Crippen molar-refractivity contribution in [2.75, 3.05) is 37.6 Å². The molecule has 2 heterocycles. The van der Waals surface area contributed by atoms with E-state index in [0.29, 0.717) is 39.0 Å². The number of piperazine rings is 1. The lowest BCUT2D eigenvalue weighted by Crippen LogP contribution is -2.55. The second kappa shape index (κ2) is 7.72. The number of amides is 3. The predicted octanol–water partition coefficient (Wildman–Crippen LogP) is 1.59. The lowest BCUT2D eigenvalue weighted by molar-refractivity contribution is -0.145. The lowest BCUT2D eigenvalue weighted by atomic mass is 9.95. The van der Waals surface area contributed by atoms with E-state index in [1.807, 2.05) is 31.2 Å². The minimum Gasteiger partial charge on any atom is -0.338 e. The predicted molar refractivity (Wildman–Crippen MR) is 99.6 cm³/mol. The number of carbonyl (C=O) groups excluding carboxylic acids is 3. The van der Waals surface area contributed by atoms with Gasteiger partial charge in [0.15, 0.2) is 0 Å². The molecule has 138 valence electrons. The molecule has 3 amide bonds. The van der Waals surface area contributed by atoms with Crippen molar-refractivity contribution < 1.29 is 14.4 Å². The topological polar surface area (TPSA) is 60.9 Å². The molecule has 1 aromatic carbocycles. The number of para-hydroxylation sites is 1. The number of carbonyl (C=O) groups is 3. The van der Waals surface area contributed by atoms with Gasteiger partial charge < -0.3 is 14.7 Å². The fourth-order valence-electron chi connectivity index (χ4n) is 3.69. The summed E-state index contributed by atoms with van der Waals surface area (Å²) in [6.45, 7) is 7.63. The van der Waals surface area contributed by atoms with Crippen LogP contribution < -0.4 is 4.90 Å². The number of hydrogen-bond acceptors (Lipinski definition) is 3. The average Bonchev–Trinajstić information content (AvgIpc) is 2.64. The summed E-state index contributed by atoms with van der Waals surface area (Å²) in [4.78, 5) is 42.5. The highest BCUT2D eigenvalue weighted by Gasteiger charge is 2.35. The zero-order valence-corrected chi connectivity index (χ0v) is 15.2. The minimum absolute atomic E-state index is 0.0238. The quantitative estimate of drug-likeness (QED) is 0.771. The van der Waals surface area contributed by atoms with Crippen molar-refractivity contribution in [2.45, 2.75) is 19.8 Å². The molecule has 0 aliphatic carbocycles. The summed E-state index contributed by atoms with van der Waals surface area (Å²) in [7, 11) is 0. The van der Waals surface area contributed by atoms with Gasteiger partial charge in [-0.15, -0.1) is 6.58 Å². The van der Waals surface area contributed by atoms with Crippen LogP contribution in [0.1, 0.15) is 18.4 Å². The molecule has 0 spiro atoms. The number of hydrogen-bond donors (Lipinski definition) is 0. The number of anilines is 1. The van der Waals surface area contributed by atoms with Crippen molar-refractivity contribution in [1.29, 1.82) is 0 Å². The Balaban J connectivity index is 1.64. The van der Waals surface area contributed by atoms with Gasteiger partial charge in [-0.25, -0.2) is 0 Å². The fraction of sp³-hybridized carbons (Fsp3) is 0.450. The Labute approximate surface area is 154 Å². The molecular formula is C20H25N3O3. The van der Waals surface area contributed by atoms with Crippen molar-refractivity contribution in [3.05, 3.63) is 42.5 Å². The van der Waals surface area contributed by atoms with Crippen molar-refractivity contribution in [3.63, 3.8) is 0 Å². The third-order valence-electron chi connectivity index (χ3n) is 5.14. The molecule has 0 bridgehead atoms. The number of benzene rings is 1. The molecule has 26 heavy (non-hydrogen) atoms. The Kier molecular flexibility index (Phi) is 5.40. The Hall–Kier alpha value is -2.63. The summed E-state index contributed by atoms with van der Waals surface area (Å²) >= 11 is 0. The van der Waals surface area contributed by atoms with E-state index in [1.165, 1.54) is 0 Å². The van der Waals surface area contributed by atoms with Crippen LogP contribution in [0.3, 0.4) is 0 Å². The van der Waals surface area contributed by atoms with Gasteiger partial charge in [-0.1, -0.05) is 24.3 Å². The van der Waals surface area contributed by atoms with E-state index in [9.17, 15) is 14.4 Å². The summed E-state index contributed by atoms with van der Waals surface area (Å²) in [6.07, 6.45) is 2.61. The first kappa shape index (κ1) is 18.2. The first-order chi connectivity index (χ1) is 12.5. The van der Waals surface area contributed by atoms with Crippen LogP contribution >= 0.6 is 0 Å². The molecule has 3 rings (SSSR count). The number of aryl methyl sites for hydroxylation is 1. The van der Waals surface area contributed by atoms with Gasteiger partial charge in [-0.2, -0.15) is 0 Å². The van der Waals surface area contributed by atoms with E-state index >= 15 is 0 Å². The highest BCUT2D eigenvalue weighted by molar-refractivity contribution is 5.99. The van der Waals surface area contributed by atoms with Gasteiger partial charge >= 0.3 is 0 Å². The second-order valence-corrected chi connectivity index (χ2v) is 6.91. The smallest absolute Gasteiger partial charge is 0.246 e. The van der Waals surface area contributed by atoms with Crippen molar-refractivity contribution in [2.24, 2.45) is 5.92 Å². The van der Waals surface area contributed by atoms with Crippen LogP contribution in [0.15, 0.2) is 36.9 Å². The fourth-order valence-corrected chi connectivity index (χ4v) is 3.69. The summed E-state index contributed by atoms with van der Waals surface area (Å²) in [6, 6.07) is 7.78. The van der Waals surface area contributed by atoms with Gasteiger partial charge in [0.1, 0.15) is 6.54 Å². The minimum atomic E-state index is -0.231. The standard InChI is InChI=1S/C20H25N3O3/c1-3-10-21-13-16(8-9-18(21)24)20(26)22-11-12-23(19(25)14-22)17-7-5-4-6-15(17)2/h3-7,16H,1,8-14H2,2H3/t16-/m0/s1. The zero-order chi connectivity index (χ0) is 18.7. The van der Waals surface area contributed by atoms with Crippen LogP contribution in [0.25, 0.3) is 0 Å². The molecule has 0 N–H and O–H groups in total. The molecule has 0 unspecified atom stereocenters. The molecule has 0 saturated carbocycles. The van der Waals surface area contributed by atoms with E-state index in [2.05, 4.69) is 6.58 Å². The maximum absolute atomic E-state index is 12.9. The van der Waals surface area contributed by atoms with Gasteiger partial charge in [0.25, 0.3) is 0 Å². The molecule has 0 radical (unpaired) electrons. The molecule has 2 aliphatic rings.